The standard InChI is InChI=1S/C21H21NO5S2/c1-25-17-7-5-16(6-8-17)22(15-18-4-2-13-28-18)29(23,24)19-9-10-20-21(14-19)27-12-3-11-26-20/h2,4-10,13-14H,3,11-12,15H2,1H3. The normalized spacial score (nSPS) is 13.6. The first-order valence-corrected chi connectivity index (χ1v) is 11.5. The van der Waals surface area contributed by atoms with Crippen LogP contribution in [0.15, 0.2) is 64.9 Å². The van der Waals surface area contributed by atoms with Gasteiger partial charge in [-0.25, -0.2) is 8.42 Å². The molecule has 2 aromatic carbocycles. The van der Waals surface area contributed by atoms with E-state index in [-0.39, 0.29) is 11.4 Å². The largest absolute Gasteiger partial charge is 0.497 e. The van der Waals surface area contributed by atoms with Gasteiger partial charge in [-0.3, -0.25) is 4.31 Å². The highest BCUT2D eigenvalue weighted by molar-refractivity contribution is 7.92. The van der Waals surface area contributed by atoms with E-state index in [1.807, 2.05) is 17.5 Å². The molecule has 8 heteroatoms. The topological polar surface area (TPSA) is 65.1 Å². The van der Waals surface area contributed by atoms with Gasteiger partial charge in [0.15, 0.2) is 11.5 Å². The molecule has 6 nitrogen and oxygen atoms in total. The fraction of sp³-hybridized carbons (Fsp3) is 0.238. The fourth-order valence-electron chi connectivity index (χ4n) is 3.04. The second kappa shape index (κ2) is 8.34. The van der Waals surface area contributed by atoms with Gasteiger partial charge in [0.05, 0.1) is 37.5 Å². The van der Waals surface area contributed by atoms with Crippen molar-refractivity contribution in [1.82, 2.24) is 0 Å². The van der Waals surface area contributed by atoms with Crippen molar-refractivity contribution in [2.45, 2.75) is 17.9 Å². The van der Waals surface area contributed by atoms with Crippen LogP contribution in [0.25, 0.3) is 0 Å². The molecule has 0 amide bonds. The van der Waals surface area contributed by atoms with Crippen molar-refractivity contribution in [2.75, 3.05) is 24.6 Å². The molecule has 0 spiro atoms. The lowest BCUT2D eigenvalue weighted by molar-refractivity contribution is 0.297. The van der Waals surface area contributed by atoms with Gasteiger partial charge in [-0.1, -0.05) is 6.07 Å². The lowest BCUT2D eigenvalue weighted by Crippen LogP contribution is -2.30. The van der Waals surface area contributed by atoms with Crippen LogP contribution in [0.2, 0.25) is 0 Å². The van der Waals surface area contributed by atoms with Crippen molar-refractivity contribution in [3.8, 4) is 17.2 Å². The van der Waals surface area contributed by atoms with E-state index in [1.54, 1.807) is 49.6 Å². The van der Waals surface area contributed by atoms with E-state index in [2.05, 4.69) is 0 Å². The molecule has 152 valence electrons. The zero-order valence-corrected chi connectivity index (χ0v) is 17.5. The van der Waals surface area contributed by atoms with Crippen molar-refractivity contribution < 1.29 is 22.6 Å². The summed E-state index contributed by atoms with van der Waals surface area (Å²) in [6.07, 6.45) is 0.757. The van der Waals surface area contributed by atoms with E-state index in [0.717, 1.165) is 11.3 Å². The molecule has 0 aliphatic carbocycles. The molecule has 4 rings (SSSR count). The summed E-state index contributed by atoms with van der Waals surface area (Å²) < 4.78 is 45.1. The SMILES string of the molecule is COc1ccc(N(Cc2cccs2)S(=O)(=O)c2ccc3c(c2)OCCCO3)cc1. The Kier molecular flexibility index (Phi) is 5.64. The van der Waals surface area contributed by atoms with Crippen LogP contribution in [0.3, 0.4) is 0 Å². The molecule has 1 aliphatic rings. The van der Waals surface area contributed by atoms with Gasteiger partial charge >= 0.3 is 0 Å². The molecule has 1 aromatic heterocycles. The first-order chi connectivity index (χ1) is 14.1. The minimum atomic E-state index is -3.83. The van der Waals surface area contributed by atoms with Crippen molar-refractivity contribution in [3.63, 3.8) is 0 Å². The molecule has 0 N–H and O–H groups in total. The molecule has 1 aliphatic heterocycles. The van der Waals surface area contributed by atoms with E-state index in [0.29, 0.717) is 36.1 Å². The maximum absolute atomic E-state index is 13.6. The van der Waals surface area contributed by atoms with Crippen LogP contribution < -0.4 is 18.5 Å². The van der Waals surface area contributed by atoms with Gasteiger partial charge in [0.1, 0.15) is 5.75 Å². The van der Waals surface area contributed by atoms with E-state index in [1.165, 1.54) is 15.6 Å². The number of hydrogen-bond acceptors (Lipinski definition) is 6. The van der Waals surface area contributed by atoms with Crippen molar-refractivity contribution in [3.05, 3.63) is 64.9 Å². The zero-order chi connectivity index (χ0) is 20.3. The molecule has 0 saturated heterocycles. The number of ether oxygens (including phenoxy) is 3. The summed E-state index contributed by atoms with van der Waals surface area (Å²) in [7, 11) is -2.26. The summed E-state index contributed by atoms with van der Waals surface area (Å²) in [5.74, 6) is 1.68. The molecular formula is C21H21NO5S2. The third-order valence-electron chi connectivity index (χ3n) is 4.55. The number of methoxy groups -OCH3 is 1. The molecule has 0 atom stereocenters. The van der Waals surface area contributed by atoms with Crippen molar-refractivity contribution in [1.29, 1.82) is 0 Å². The maximum Gasteiger partial charge on any atom is 0.264 e. The number of sulfonamides is 1. The lowest BCUT2D eigenvalue weighted by Gasteiger charge is -2.24. The number of rotatable bonds is 6. The molecule has 0 fully saturated rings. The van der Waals surface area contributed by atoms with E-state index < -0.39 is 10.0 Å². The summed E-state index contributed by atoms with van der Waals surface area (Å²) >= 11 is 1.51. The Hall–Kier alpha value is -2.71. The third kappa shape index (κ3) is 4.18. The van der Waals surface area contributed by atoms with E-state index >= 15 is 0 Å². The lowest BCUT2D eigenvalue weighted by atomic mass is 10.3. The monoisotopic (exact) mass is 431 g/mol. The van der Waals surface area contributed by atoms with Gasteiger partial charge in [0.25, 0.3) is 10.0 Å². The minimum Gasteiger partial charge on any atom is -0.497 e. The Labute approximate surface area is 174 Å². The highest BCUT2D eigenvalue weighted by Gasteiger charge is 2.27. The van der Waals surface area contributed by atoms with Gasteiger partial charge in [-0.15, -0.1) is 11.3 Å². The third-order valence-corrected chi connectivity index (χ3v) is 7.18. The molecule has 0 unspecified atom stereocenters. The molecule has 0 saturated carbocycles. The minimum absolute atomic E-state index is 0.161. The van der Waals surface area contributed by atoms with Gasteiger partial charge in [-0.05, 0) is 47.8 Å². The number of nitrogens with zero attached hydrogens (tertiary/aromatic N) is 1. The van der Waals surface area contributed by atoms with Crippen LogP contribution >= 0.6 is 11.3 Å². The van der Waals surface area contributed by atoms with Crippen LogP contribution in [-0.4, -0.2) is 28.7 Å². The smallest absolute Gasteiger partial charge is 0.264 e. The van der Waals surface area contributed by atoms with E-state index in [9.17, 15) is 8.42 Å². The predicted octanol–water partition coefficient (Wildman–Crippen LogP) is 4.31. The summed E-state index contributed by atoms with van der Waals surface area (Å²) in [5, 5.41) is 1.93. The second-order valence-corrected chi connectivity index (χ2v) is 9.34. The molecule has 29 heavy (non-hydrogen) atoms. The second-order valence-electron chi connectivity index (χ2n) is 6.45. The molecule has 0 radical (unpaired) electrons. The summed E-state index contributed by atoms with van der Waals surface area (Å²) in [6.45, 7) is 1.28. The predicted molar refractivity (Wildman–Crippen MR) is 113 cm³/mol. The molecule has 2 heterocycles. The van der Waals surface area contributed by atoms with Crippen LogP contribution in [0, 0.1) is 0 Å². The van der Waals surface area contributed by atoms with Gasteiger partial charge in [0, 0.05) is 17.4 Å². The fourth-order valence-corrected chi connectivity index (χ4v) is 5.27. The van der Waals surface area contributed by atoms with Crippen molar-refractivity contribution >= 4 is 27.0 Å². The van der Waals surface area contributed by atoms with Crippen molar-refractivity contribution in [2.24, 2.45) is 0 Å². The summed E-state index contributed by atoms with van der Waals surface area (Å²) in [4.78, 5) is 1.10. The van der Waals surface area contributed by atoms with Crippen LogP contribution in [0.5, 0.6) is 17.2 Å². The molecule has 3 aromatic rings. The average Bonchev–Trinajstić information content (AvgIpc) is 3.14. The van der Waals surface area contributed by atoms with Gasteiger partial charge < -0.3 is 14.2 Å². The molecular weight excluding hydrogens is 410 g/mol. The number of anilines is 1. The zero-order valence-electron chi connectivity index (χ0n) is 15.9. The average molecular weight is 432 g/mol. The number of benzene rings is 2. The van der Waals surface area contributed by atoms with E-state index in [4.69, 9.17) is 14.2 Å². The first-order valence-electron chi connectivity index (χ1n) is 9.17. The van der Waals surface area contributed by atoms with Gasteiger partial charge in [-0.2, -0.15) is 0 Å². The Balaban J connectivity index is 1.74. The number of hydrogen-bond donors (Lipinski definition) is 0. The van der Waals surface area contributed by atoms with Gasteiger partial charge in [0.2, 0.25) is 0 Å². The highest BCUT2D eigenvalue weighted by atomic mass is 32.2. The Morgan fingerprint density at radius 3 is 2.48 bits per heavy atom. The first kappa shape index (κ1) is 19.6. The summed E-state index contributed by atoms with van der Waals surface area (Å²) in [6, 6.07) is 15.6. The number of thiophene rings is 1. The Morgan fingerprint density at radius 1 is 1.03 bits per heavy atom. The van der Waals surface area contributed by atoms with Crippen LogP contribution in [-0.2, 0) is 16.6 Å². The molecule has 0 bridgehead atoms. The highest BCUT2D eigenvalue weighted by Crippen LogP contribution is 2.35. The maximum atomic E-state index is 13.6. The number of fused-ring (bicyclic) bond motifs is 1. The van der Waals surface area contributed by atoms with Crippen LogP contribution in [0.1, 0.15) is 11.3 Å². The summed E-state index contributed by atoms with van der Waals surface area (Å²) in [5.41, 5.74) is 0.561. The quantitative estimate of drug-likeness (QED) is 0.582. The van der Waals surface area contributed by atoms with Crippen LogP contribution in [0.4, 0.5) is 5.69 Å². The Bertz CT molecular complexity index is 1060. The Morgan fingerprint density at radius 2 is 1.79 bits per heavy atom.